The minimum Gasteiger partial charge on any atom is -0.462 e. The number of Topliss-reactive ketones (excluding diaryl/α,β-unsaturated/α-hetero) is 1. The third-order valence-corrected chi connectivity index (χ3v) is 3.00. The topological polar surface area (TPSA) is 43.4 Å². The van der Waals surface area contributed by atoms with Gasteiger partial charge >= 0.3 is 5.97 Å². The normalized spacial score (nSPS) is 10.1. The fourth-order valence-corrected chi connectivity index (χ4v) is 2.05. The van der Waals surface area contributed by atoms with Gasteiger partial charge in [0, 0.05) is 17.3 Å². The zero-order chi connectivity index (χ0) is 12.8. The van der Waals surface area contributed by atoms with E-state index in [2.05, 4.69) is 15.9 Å². The average molecular weight is 299 g/mol. The first kappa shape index (κ1) is 13.9. The summed E-state index contributed by atoms with van der Waals surface area (Å²) in [7, 11) is 0. The molecule has 3 nitrogen and oxygen atoms in total. The first-order valence-corrected chi connectivity index (χ1v) is 6.66. The molecule has 0 aliphatic carbocycles. The number of alkyl halides is 1. The van der Waals surface area contributed by atoms with Gasteiger partial charge in [-0.3, -0.25) is 4.79 Å². The van der Waals surface area contributed by atoms with Crippen LogP contribution in [0.5, 0.6) is 0 Å². The van der Waals surface area contributed by atoms with Crippen LogP contribution >= 0.6 is 15.9 Å². The van der Waals surface area contributed by atoms with Crippen molar-refractivity contribution in [2.24, 2.45) is 0 Å². The van der Waals surface area contributed by atoms with Gasteiger partial charge in [-0.25, -0.2) is 4.79 Å². The number of ether oxygens (including phenoxy) is 1. The molecule has 0 aliphatic heterocycles. The molecule has 0 bridgehead atoms. The predicted molar refractivity (Wildman–Crippen MR) is 69.7 cm³/mol. The maximum atomic E-state index is 11.9. The fraction of sp³-hybridized carbons (Fsp3) is 0.385. The van der Waals surface area contributed by atoms with E-state index in [0.29, 0.717) is 29.5 Å². The van der Waals surface area contributed by atoms with Crippen molar-refractivity contribution in [2.75, 3.05) is 6.61 Å². The van der Waals surface area contributed by atoms with Crippen LogP contribution in [0.2, 0.25) is 0 Å². The van der Waals surface area contributed by atoms with Crippen LogP contribution in [0.4, 0.5) is 0 Å². The van der Waals surface area contributed by atoms with Crippen molar-refractivity contribution in [3.63, 3.8) is 0 Å². The second-order valence-corrected chi connectivity index (χ2v) is 4.03. The molecule has 1 aromatic carbocycles. The van der Waals surface area contributed by atoms with Crippen LogP contribution in [0.3, 0.4) is 0 Å². The molecule has 4 heteroatoms. The van der Waals surface area contributed by atoms with Crippen LogP contribution in [-0.2, 0) is 10.1 Å². The minimum atomic E-state index is -0.431. The molecule has 0 fully saturated rings. The zero-order valence-electron chi connectivity index (χ0n) is 9.96. The third-order valence-electron chi connectivity index (χ3n) is 2.40. The molecular weight excluding hydrogens is 284 g/mol. The van der Waals surface area contributed by atoms with Gasteiger partial charge in [-0.15, -0.1) is 0 Å². The number of esters is 1. The molecule has 0 N–H and O–H groups in total. The van der Waals surface area contributed by atoms with Gasteiger partial charge in [0.1, 0.15) is 0 Å². The Balaban J connectivity index is 3.30. The molecule has 0 amide bonds. The first-order chi connectivity index (χ1) is 8.15. The number of carbonyl (C=O) groups is 2. The molecule has 0 saturated heterocycles. The van der Waals surface area contributed by atoms with Gasteiger partial charge in [-0.2, -0.15) is 0 Å². The molecule has 0 spiro atoms. The highest BCUT2D eigenvalue weighted by molar-refractivity contribution is 9.08. The van der Waals surface area contributed by atoms with Crippen LogP contribution in [0.15, 0.2) is 18.2 Å². The van der Waals surface area contributed by atoms with E-state index in [9.17, 15) is 9.59 Å². The monoisotopic (exact) mass is 298 g/mol. The lowest BCUT2D eigenvalue weighted by Gasteiger charge is -2.11. The molecule has 92 valence electrons. The number of carbonyl (C=O) groups excluding carboxylic acids is 2. The van der Waals surface area contributed by atoms with Crippen LogP contribution in [0.1, 0.15) is 46.5 Å². The lowest BCUT2D eigenvalue weighted by Crippen LogP contribution is -2.14. The largest absolute Gasteiger partial charge is 0.462 e. The summed E-state index contributed by atoms with van der Waals surface area (Å²) < 4.78 is 4.99. The number of halogens is 1. The SMILES string of the molecule is CCOC(=O)c1c(CBr)cccc1C(=O)CC. The van der Waals surface area contributed by atoms with E-state index in [4.69, 9.17) is 4.74 Å². The van der Waals surface area contributed by atoms with E-state index >= 15 is 0 Å². The van der Waals surface area contributed by atoms with Crippen LogP contribution in [-0.4, -0.2) is 18.4 Å². The van der Waals surface area contributed by atoms with Crippen molar-refractivity contribution in [3.8, 4) is 0 Å². The van der Waals surface area contributed by atoms with E-state index in [1.54, 1.807) is 26.0 Å². The molecule has 0 aliphatic rings. The van der Waals surface area contributed by atoms with Crippen molar-refractivity contribution in [3.05, 3.63) is 34.9 Å². The summed E-state index contributed by atoms with van der Waals surface area (Å²) in [6.07, 6.45) is 0.373. The molecule has 0 saturated carbocycles. The van der Waals surface area contributed by atoms with E-state index in [1.807, 2.05) is 6.07 Å². The zero-order valence-corrected chi connectivity index (χ0v) is 11.5. The molecule has 1 rings (SSSR count). The number of hydrogen-bond donors (Lipinski definition) is 0. The van der Waals surface area contributed by atoms with Crippen molar-refractivity contribution in [1.82, 2.24) is 0 Å². The maximum absolute atomic E-state index is 11.9. The van der Waals surface area contributed by atoms with Crippen molar-refractivity contribution < 1.29 is 14.3 Å². The molecule has 0 atom stereocenters. The van der Waals surface area contributed by atoms with Crippen molar-refractivity contribution in [1.29, 1.82) is 0 Å². The fourth-order valence-electron chi connectivity index (χ4n) is 1.58. The summed E-state index contributed by atoms with van der Waals surface area (Å²) in [6.45, 7) is 3.82. The van der Waals surface area contributed by atoms with E-state index in [0.717, 1.165) is 5.56 Å². The van der Waals surface area contributed by atoms with Gasteiger partial charge in [-0.1, -0.05) is 41.1 Å². The molecule has 0 unspecified atom stereocenters. The van der Waals surface area contributed by atoms with Crippen molar-refractivity contribution >= 4 is 27.7 Å². The Hall–Kier alpha value is -1.16. The van der Waals surface area contributed by atoms with Gasteiger partial charge < -0.3 is 4.74 Å². The third kappa shape index (κ3) is 3.16. The van der Waals surface area contributed by atoms with Crippen LogP contribution in [0, 0.1) is 0 Å². The van der Waals surface area contributed by atoms with E-state index < -0.39 is 5.97 Å². The highest BCUT2D eigenvalue weighted by atomic mass is 79.9. The quantitative estimate of drug-likeness (QED) is 0.476. The number of ketones is 1. The summed E-state index contributed by atoms with van der Waals surface area (Å²) in [4.78, 5) is 23.7. The Morgan fingerprint density at radius 3 is 2.53 bits per heavy atom. The summed E-state index contributed by atoms with van der Waals surface area (Å²) in [5.41, 5.74) is 1.61. The van der Waals surface area contributed by atoms with Gasteiger partial charge in [0.25, 0.3) is 0 Å². The molecule has 0 aromatic heterocycles. The number of benzene rings is 1. The van der Waals surface area contributed by atoms with E-state index in [1.165, 1.54) is 0 Å². The summed E-state index contributed by atoms with van der Waals surface area (Å²) >= 11 is 3.31. The maximum Gasteiger partial charge on any atom is 0.339 e. The summed E-state index contributed by atoms with van der Waals surface area (Å²) in [5, 5.41) is 0.520. The predicted octanol–water partition coefficient (Wildman–Crippen LogP) is 3.35. The smallest absolute Gasteiger partial charge is 0.339 e. The standard InChI is InChI=1S/C13H15BrO3/c1-3-11(15)10-7-5-6-9(8-14)12(10)13(16)17-4-2/h5-7H,3-4,8H2,1-2H3. The molecule has 1 aromatic rings. The Kier molecular flexibility index (Phi) is 5.35. The van der Waals surface area contributed by atoms with Gasteiger partial charge in [0.15, 0.2) is 5.78 Å². The summed E-state index contributed by atoms with van der Waals surface area (Å²) in [5.74, 6) is -0.477. The molecule has 0 radical (unpaired) electrons. The lowest BCUT2D eigenvalue weighted by atomic mass is 9.98. The molecule has 17 heavy (non-hydrogen) atoms. The van der Waals surface area contributed by atoms with Crippen LogP contribution < -0.4 is 0 Å². The Morgan fingerprint density at radius 1 is 1.29 bits per heavy atom. The molecule has 0 heterocycles. The Labute approximate surface area is 109 Å². The lowest BCUT2D eigenvalue weighted by molar-refractivity contribution is 0.0522. The average Bonchev–Trinajstić information content (AvgIpc) is 2.37. The van der Waals surface area contributed by atoms with Crippen molar-refractivity contribution in [2.45, 2.75) is 25.6 Å². The Bertz CT molecular complexity index is 427. The highest BCUT2D eigenvalue weighted by Gasteiger charge is 2.20. The Morgan fingerprint density at radius 2 is 2.00 bits per heavy atom. The second kappa shape index (κ2) is 6.55. The van der Waals surface area contributed by atoms with E-state index in [-0.39, 0.29) is 5.78 Å². The summed E-state index contributed by atoms with van der Waals surface area (Å²) in [6, 6.07) is 5.26. The number of hydrogen-bond acceptors (Lipinski definition) is 3. The van der Waals surface area contributed by atoms with Gasteiger partial charge in [0.2, 0.25) is 0 Å². The van der Waals surface area contributed by atoms with Gasteiger partial charge in [0.05, 0.1) is 12.2 Å². The first-order valence-electron chi connectivity index (χ1n) is 5.53. The second-order valence-electron chi connectivity index (χ2n) is 3.47. The van der Waals surface area contributed by atoms with Crippen LogP contribution in [0.25, 0.3) is 0 Å². The minimum absolute atomic E-state index is 0.0455. The highest BCUT2D eigenvalue weighted by Crippen LogP contribution is 2.20. The van der Waals surface area contributed by atoms with Gasteiger partial charge in [-0.05, 0) is 12.5 Å². The molecular formula is C13H15BrO3. The number of rotatable bonds is 5.